The minimum absolute atomic E-state index is 0.0122. The molecule has 8 heteroatoms. The molecule has 0 radical (unpaired) electrons. The third kappa shape index (κ3) is 2.83. The van der Waals surface area contributed by atoms with Gasteiger partial charge in [0, 0.05) is 6.04 Å². The van der Waals surface area contributed by atoms with Gasteiger partial charge in [-0.05, 0) is 26.0 Å². The van der Waals surface area contributed by atoms with Gasteiger partial charge in [0.25, 0.3) is 11.6 Å². The molecule has 1 aliphatic heterocycles. The molecule has 0 spiro atoms. The van der Waals surface area contributed by atoms with Crippen LogP contribution >= 0.6 is 0 Å². The van der Waals surface area contributed by atoms with Crippen LogP contribution in [0.3, 0.4) is 0 Å². The molecule has 1 aliphatic rings. The van der Waals surface area contributed by atoms with Crippen molar-refractivity contribution >= 4 is 23.2 Å². The van der Waals surface area contributed by atoms with Crippen LogP contribution in [0.2, 0.25) is 0 Å². The first kappa shape index (κ1) is 14.9. The average molecular weight is 295 g/mol. The fraction of sp³-hybridized carbons (Fsp3) is 0.385. The number of benzene rings is 1. The molecule has 1 heterocycles. The summed E-state index contributed by atoms with van der Waals surface area (Å²) in [5.41, 5.74) is -0.462. The van der Waals surface area contributed by atoms with E-state index in [9.17, 15) is 24.1 Å². The highest BCUT2D eigenvalue weighted by Crippen LogP contribution is 2.28. The first-order valence-corrected chi connectivity index (χ1v) is 6.37. The van der Waals surface area contributed by atoms with Crippen LogP contribution in [-0.2, 0) is 9.59 Å². The number of carbonyl (C=O) groups excluding carboxylic acids is 2. The van der Waals surface area contributed by atoms with Gasteiger partial charge in [-0.15, -0.1) is 0 Å². The second kappa shape index (κ2) is 5.47. The van der Waals surface area contributed by atoms with Crippen LogP contribution in [0, 0.1) is 15.9 Å². The predicted octanol–water partition coefficient (Wildman–Crippen LogP) is 1.68. The first-order chi connectivity index (χ1) is 9.81. The second-order valence-electron chi connectivity index (χ2n) is 5.02. The molecule has 1 fully saturated rings. The van der Waals surface area contributed by atoms with Crippen LogP contribution in [0.4, 0.5) is 15.8 Å². The van der Waals surface area contributed by atoms with E-state index in [2.05, 4.69) is 5.32 Å². The molecule has 7 nitrogen and oxygen atoms in total. The summed E-state index contributed by atoms with van der Waals surface area (Å²) in [5.74, 6) is -1.52. The lowest BCUT2D eigenvalue weighted by Gasteiger charge is -2.19. The lowest BCUT2D eigenvalue weighted by atomic mass is 10.2. The Morgan fingerprint density at radius 3 is 2.62 bits per heavy atom. The molecule has 112 valence electrons. The summed E-state index contributed by atoms with van der Waals surface area (Å²) in [5, 5.41) is 13.6. The van der Waals surface area contributed by atoms with Gasteiger partial charge in [-0.2, -0.15) is 0 Å². The molecule has 2 rings (SSSR count). The normalized spacial score (nSPS) is 18.5. The Morgan fingerprint density at radius 1 is 1.43 bits per heavy atom. The van der Waals surface area contributed by atoms with Gasteiger partial charge in [0.2, 0.25) is 5.91 Å². The highest BCUT2D eigenvalue weighted by molar-refractivity contribution is 6.07. The minimum Gasteiger partial charge on any atom is -0.368 e. The molecule has 1 aromatic rings. The van der Waals surface area contributed by atoms with Crippen molar-refractivity contribution in [2.75, 3.05) is 5.32 Å². The minimum atomic E-state index is -0.871. The number of rotatable bonds is 4. The standard InChI is InChI=1S/C13H14FN3O4/c1-7(2)16-12(18)6-10(13(16)19)15-9-4-3-8(14)5-11(9)17(20)21/h3-5,7,10,15H,6H2,1-2H3. The molecular weight excluding hydrogens is 281 g/mol. The van der Waals surface area contributed by atoms with E-state index < -0.39 is 28.4 Å². The molecule has 1 aromatic carbocycles. The summed E-state index contributed by atoms with van der Waals surface area (Å²) in [6.45, 7) is 3.41. The summed E-state index contributed by atoms with van der Waals surface area (Å²) in [6.07, 6.45) is -0.0778. The van der Waals surface area contributed by atoms with Crippen molar-refractivity contribution in [3.8, 4) is 0 Å². The number of halogens is 1. The van der Waals surface area contributed by atoms with E-state index >= 15 is 0 Å². The second-order valence-corrected chi connectivity index (χ2v) is 5.02. The maximum Gasteiger partial charge on any atom is 0.295 e. The monoisotopic (exact) mass is 295 g/mol. The van der Waals surface area contributed by atoms with Crippen LogP contribution in [0.1, 0.15) is 20.3 Å². The number of nitro benzene ring substituents is 1. The van der Waals surface area contributed by atoms with Crippen LogP contribution in [0.5, 0.6) is 0 Å². The topological polar surface area (TPSA) is 92.6 Å². The molecule has 1 atom stereocenters. The number of anilines is 1. The number of amides is 2. The van der Waals surface area contributed by atoms with Gasteiger partial charge < -0.3 is 5.32 Å². The highest BCUT2D eigenvalue weighted by atomic mass is 19.1. The average Bonchev–Trinajstić information content (AvgIpc) is 2.66. The van der Waals surface area contributed by atoms with E-state index in [-0.39, 0.29) is 24.1 Å². The molecule has 0 aromatic heterocycles. The fourth-order valence-corrected chi connectivity index (χ4v) is 2.27. The lowest BCUT2D eigenvalue weighted by Crippen LogP contribution is -2.39. The Morgan fingerprint density at radius 2 is 2.10 bits per heavy atom. The largest absolute Gasteiger partial charge is 0.368 e. The van der Waals surface area contributed by atoms with Crippen molar-refractivity contribution in [1.29, 1.82) is 0 Å². The zero-order valence-electron chi connectivity index (χ0n) is 11.5. The molecule has 21 heavy (non-hydrogen) atoms. The number of nitro groups is 1. The van der Waals surface area contributed by atoms with E-state index in [0.29, 0.717) is 0 Å². The molecule has 0 bridgehead atoms. The molecular formula is C13H14FN3O4. The summed E-state index contributed by atoms with van der Waals surface area (Å²) in [4.78, 5) is 35.2. The van der Waals surface area contributed by atoms with Crippen molar-refractivity contribution in [3.63, 3.8) is 0 Å². The zero-order valence-corrected chi connectivity index (χ0v) is 11.5. The smallest absolute Gasteiger partial charge is 0.295 e. The van der Waals surface area contributed by atoms with E-state index in [1.807, 2.05) is 0 Å². The van der Waals surface area contributed by atoms with Crippen molar-refractivity contribution in [3.05, 3.63) is 34.1 Å². The predicted molar refractivity (Wildman–Crippen MR) is 72.1 cm³/mol. The third-order valence-corrected chi connectivity index (χ3v) is 3.19. The number of nitrogens with zero attached hydrogens (tertiary/aromatic N) is 2. The van der Waals surface area contributed by atoms with Crippen molar-refractivity contribution in [1.82, 2.24) is 4.90 Å². The van der Waals surface area contributed by atoms with Crippen LogP contribution in [-0.4, -0.2) is 33.7 Å². The van der Waals surface area contributed by atoms with E-state index in [1.54, 1.807) is 13.8 Å². The number of likely N-dealkylation sites (tertiary alicyclic amines) is 1. The fourth-order valence-electron chi connectivity index (χ4n) is 2.27. The number of imide groups is 1. The summed E-state index contributed by atoms with van der Waals surface area (Å²) in [6, 6.07) is 1.85. The SMILES string of the molecule is CC(C)N1C(=O)CC(Nc2ccc(F)cc2[N+](=O)[O-])C1=O. The van der Waals surface area contributed by atoms with Crippen LogP contribution in [0.25, 0.3) is 0 Å². The Labute approximate surface area is 119 Å². The maximum absolute atomic E-state index is 13.1. The maximum atomic E-state index is 13.1. The molecule has 2 amide bonds. The summed E-state index contributed by atoms with van der Waals surface area (Å²) >= 11 is 0. The summed E-state index contributed by atoms with van der Waals surface area (Å²) in [7, 11) is 0. The zero-order chi connectivity index (χ0) is 15.7. The van der Waals surface area contributed by atoms with E-state index in [4.69, 9.17) is 0 Å². The van der Waals surface area contributed by atoms with Gasteiger partial charge in [0.1, 0.15) is 17.5 Å². The Hall–Kier alpha value is -2.51. The Kier molecular flexibility index (Phi) is 3.88. The van der Waals surface area contributed by atoms with Gasteiger partial charge in [0.15, 0.2) is 0 Å². The van der Waals surface area contributed by atoms with Crippen molar-refractivity contribution < 1.29 is 18.9 Å². The first-order valence-electron chi connectivity index (χ1n) is 6.37. The number of hydrogen-bond acceptors (Lipinski definition) is 5. The highest BCUT2D eigenvalue weighted by Gasteiger charge is 2.40. The molecule has 1 N–H and O–H groups in total. The van der Waals surface area contributed by atoms with Crippen LogP contribution < -0.4 is 5.32 Å². The Bertz CT molecular complexity index is 617. The van der Waals surface area contributed by atoms with Gasteiger partial charge in [0.05, 0.1) is 17.4 Å². The third-order valence-electron chi connectivity index (χ3n) is 3.19. The van der Waals surface area contributed by atoms with Gasteiger partial charge in [-0.25, -0.2) is 4.39 Å². The Balaban J connectivity index is 2.26. The van der Waals surface area contributed by atoms with Gasteiger partial charge in [-0.3, -0.25) is 24.6 Å². The summed E-state index contributed by atoms with van der Waals surface area (Å²) < 4.78 is 13.1. The van der Waals surface area contributed by atoms with Crippen molar-refractivity contribution in [2.24, 2.45) is 0 Å². The van der Waals surface area contributed by atoms with Crippen molar-refractivity contribution in [2.45, 2.75) is 32.4 Å². The van der Waals surface area contributed by atoms with Crippen LogP contribution in [0.15, 0.2) is 18.2 Å². The van der Waals surface area contributed by atoms with Gasteiger partial charge in [-0.1, -0.05) is 0 Å². The number of nitrogens with one attached hydrogen (secondary N) is 1. The molecule has 1 saturated heterocycles. The quantitative estimate of drug-likeness (QED) is 0.518. The lowest BCUT2D eigenvalue weighted by molar-refractivity contribution is -0.384. The molecule has 0 saturated carbocycles. The van der Waals surface area contributed by atoms with Gasteiger partial charge >= 0.3 is 0 Å². The number of hydrogen-bond donors (Lipinski definition) is 1. The number of carbonyl (C=O) groups is 2. The van der Waals surface area contributed by atoms with E-state index in [0.717, 1.165) is 17.0 Å². The molecule has 0 aliphatic carbocycles. The van der Waals surface area contributed by atoms with E-state index in [1.165, 1.54) is 6.07 Å². The molecule has 1 unspecified atom stereocenters.